The van der Waals surface area contributed by atoms with Gasteiger partial charge in [0.05, 0.1) is 5.69 Å². The van der Waals surface area contributed by atoms with Gasteiger partial charge in [0.1, 0.15) is 10.2 Å². The van der Waals surface area contributed by atoms with Gasteiger partial charge >= 0.3 is 0 Å². The third kappa shape index (κ3) is 1.68. The number of aromatic nitrogens is 2. The van der Waals surface area contributed by atoms with Gasteiger partial charge in [-0.3, -0.25) is 4.68 Å². The molecule has 1 aromatic heterocycles. The second-order valence-corrected chi connectivity index (χ2v) is 3.77. The zero-order valence-electron chi connectivity index (χ0n) is 7.08. The van der Waals surface area contributed by atoms with Crippen molar-refractivity contribution in [3.8, 4) is 0 Å². The first-order valence-electron chi connectivity index (χ1n) is 3.60. The third-order valence-corrected chi connectivity index (χ3v) is 2.19. The summed E-state index contributed by atoms with van der Waals surface area (Å²) >= 11 is 3.22. The van der Waals surface area contributed by atoms with Crippen LogP contribution in [0, 0.1) is 0 Å². The maximum Gasteiger partial charge on any atom is 0.128 e. The Labute approximate surface area is 79.5 Å². The van der Waals surface area contributed by atoms with Gasteiger partial charge in [0.15, 0.2) is 0 Å². The lowest BCUT2D eigenvalue weighted by atomic mass is 10.0. The molecule has 1 unspecified atom stereocenters. The summed E-state index contributed by atoms with van der Waals surface area (Å²) in [5.74, 6) is 0. The molecular weight excluding hydrogens is 222 g/mol. The minimum atomic E-state index is -1.01. The summed E-state index contributed by atoms with van der Waals surface area (Å²) in [4.78, 5) is 0. The number of aliphatic hydroxyl groups is 1. The van der Waals surface area contributed by atoms with Crippen molar-refractivity contribution in [1.29, 1.82) is 0 Å². The molecule has 0 saturated heterocycles. The van der Waals surface area contributed by atoms with Gasteiger partial charge < -0.3 is 10.8 Å². The molecule has 5 heteroatoms. The summed E-state index contributed by atoms with van der Waals surface area (Å²) in [6, 6.07) is 1.76. The lowest BCUT2D eigenvalue weighted by Crippen LogP contribution is -2.33. The van der Waals surface area contributed by atoms with Crippen molar-refractivity contribution in [2.45, 2.75) is 12.5 Å². The number of nitrogens with two attached hydrogens (primary N) is 1. The maximum atomic E-state index is 9.78. The molecule has 0 aliphatic rings. The van der Waals surface area contributed by atoms with Gasteiger partial charge in [-0.1, -0.05) is 0 Å². The van der Waals surface area contributed by atoms with Gasteiger partial charge in [0.25, 0.3) is 0 Å². The van der Waals surface area contributed by atoms with Gasteiger partial charge in [-0.05, 0) is 28.9 Å². The van der Waals surface area contributed by atoms with Crippen LogP contribution >= 0.6 is 15.9 Å². The molecule has 0 amide bonds. The van der Waals surface area contributed by atoms with Crippen molar-refractivity contribution in [1.82, 2.24) is 9.78 Å². The van der Waals surface area contributed by atoms with Crippen LogP contribution in [0.1, 0.15) is 12.6 Å². The molecule has 0 aromatic carbocycles. The van der Waals surface area contributed by atoms with E-state index >= 15 is 0 Å². The molecule has 0 spiro atoms. The molecule has 1 rings (SSSR count). The molecule has 0 fully saturated rings. The number of hydrogen-bond donors (Lipinski definition) is 2. The van der Waals surface area contributed by atoms with Crippen LogP contribution < -0.4 is 5.73 Å². The Balaban J connectivity index is 3.09. The van der Waals surface area contributed by atoms with E-state index in [0.29, 0.717) is 10.3 Å². The van der Waals surface area contributed by atoms with Crippen LogP contribution in [0.5, 0.6) is 0 Å². The molecule has 12 heavy (non-hydrogen) atoms. The zero-order valence-corrected chi connectivity index (χ0v) is 8.67. The molecule has 0 radical (unpaired) electrons. The molecule has 4 nitrogen and oxygen atoms in total. The van der Waals surface area contributed by atoms with E-state index in [9.17, 15) is 5.11 Å². The van der Waals surface area contributed by atoms with Gasteiger partial charge in [-0.25, -0.2) is 0 Å². The Hall–Kier alpha value is -0.390. The number of aryl methyl sites for hydroxylation is 1. The highest BCUT2D eigenvalue weighted by Crippen LogP contribution is 2.21. The second kappa shape index (κ2) is 3.16. The van der Waals surface area contributed by atoms with Crippen molar-refractivity contribution in [3.05, 3.63) is 16.4 Å². The first-order valence-corrected chi connectivity index (χ1v) is 4.39. The summed E-state index contributed by atoms with van der Waals surface area (Å²) in [6.45, 7) is 1.84. The molecular formula is C7H12BrN3O. The van der Waals surface area contributed by atoms with E-state index in [2.05, 4.69) is 21.0 Å². The monoisotopic (exact) mass is 233 g/mol. The summed E-state index contributed by atoms with van der Waals surface area (Å²) < 4.78 is 2.31. The van der Waals surface area contributed by atoms with Gasteiger partial charge in [-0.15, -0.1) is 0 Å². The minimum Gasteiger partial charge on any atom is -0.383 e. The van der Waals surface area contributed by atoms with E-state index in [1.807, 2.05) is 0 Å². The van der Waals surface area contributed by atoms with E-state index in [1.54, 1.807) is 24.7 Å². The third-order valence-electron chi connectivity index (χ3n) is 1.80. The summed E-state index contributed by atoms with van der Waals surface area (Å²) in [5.41, 5.74) is 5.11. The van der Waals surface area contributed by atoms with Crippen LogP contribution in [-0.4, -0.2) is 21.4 Å². The molecule has 0 bridgehead atoms. The van der Waals surface area contributed by atoms with E-state index in [-0.39, 0.29) is 6.54 Å². The highest BCUT2D eigenvalue weighted by atomic mass is 79.9. The van der Waals surface area contributed by atoms with Gasteiger partial charge in [0, 0.05) is 13.6 Å². The first kappa shape index (κ1) is 9.70. The first-order chi connectivity index (χ1) is 5.47. The second-order valence-electron chi connectivity index (χ2n) is 2.95. The molecule has 0 aliphatic heterocycles. The normalized spacial score (nSPS) is 16.1. The van der Waals surface area contributed by atoms with E-state index in [4.69, 9.17) is 5.73 Å². The summed E-state index contributed by atoms with van der Waals surface area (Å²) in [5, 5.41) is 13.8. The number of nitrogens with zero attached hydrogens (tertiary/aromatic N) is 2. The summed E-state index contributed by atoms with van der Waals surface area (Å²) in [6.07, 6.45) is 0. The fraction of sp³-hybridized carbons (Fsp3) is 0.571. The Morgan fingerprint density at radius 1 is 1.83 bits per heavy atom. The van der Waals surface area contributed by atoms with E-state index < -0.39 is 5.60 Å². The lowest BCUT2D eigenvalue weighted by Gasteiger charge is -2.20. The van der Waals surface area contributed by atoms with Gasteiger partial charge in [0.2, 0.25) is 0 Å². The lowest BCUT2D eigenvalue weighted by molar-refractivity contribution is 0.0581. The van der Waals surface area contributed by atoms with Crippen molar-refractivity contribution < 1.29 is 5.11 Å². The number of halogens is 1. The fourth-order valence-corrected chi connectivity index (χ4v) is 1.50. The van der Waals surface area contributed by atoms with E-state index in [1.165, 1.54) is 0 Å². The number of rotatable bonds is 2. The smallest absolute Gasteiger partial charge is 0.128 e. The Morgan fingerprint density at radius 2 is 2.42 bits per heavy atom. The zero-order chi connectivity index (χ0) is 9.35. The predicted molar refractivity (Wildman–Crippen MR) is 49.5 cm³/mol. The summed E-state index contributed by atoms with van der Waals surface area (Å²) in [7, 11) is 1.77. The maximum absolute atomic E-state index is 9.78. The molecule has 1 atom stereocenters. The Bertz CT molecular complexity index is 282. The van der Waals surface area contributed by atoms with Crippen molar-refractivity contribution >= 4 is 15.9 Å². The molecule has 1 aromatic rings. The number of hydrogen-bond acceptors (Lipinski definition) is 3. The average molecular weight is 234 g/mol. The van der Waals surface area contributed by atoms with Crippen molar-refractivity contribution in [2.24, 2.45) is 12.8 Å². The predicted octanol–water partition coefficient (Wildman–Crippen LogP) is 0.349. The topological polar surface area (TPSA) is 64.1 Å². The highest BCUT2D eigenvalue weighted by molar-refractivity contribution is 9.10. The standard InChI is InChI=1S/C7H12BrN3O/c1-7(12,4-9)5-3-6(8)10-11(5)2/h3,12H,4,9H2,1-2H3. The molecule has 68 valence electrons. The Kier molecular flexibility index (Phi) is 2.55. The van der Waals surface area contributed by atoms with Crippen molar-refractivity contribution in [3.63, 3.8) is 0 Å². The molecule has 1 heterocycles. The van der Waals surface area contributed by atoms with Crippen LogP contribution in [0.4, 0.5) is 0 Å². The molecule has 0 aliphatic carbocycles. The SMILES string of the molecule is Cn1nc(Br)cc1C(C)(O)CN. The fourth-order valence-electron chi connectivity index (χ4n) is 1.04. The van der Waals surface area contributed by atoms with Gasteiger partial charge in [-0.2, -0.15) is 5.10 Å². The van der Waals surface area contributed by atoms with Crippen LogP contribution in [0.25, 0.3) is 0 Å². The van der Waals surface area contributed by atoms with Crippen molar-refractivity contribution in [2.75, 3.05) is 6.54 Å². The quantitative estimate of drug-likeness (QED) is 0.775. The minimum absolute atomic E-state index is 0.180. The van der Waals surface area contributed by atoms with E-state index in [0.717, 1.165) is 0 Å². The Morgan fingerprint density at radius 3 is 2.75 bits per heavy atom. The highest BCUT2D eigenvalue weighted by Gasteiger charge is 2.25. The van der Waals surface area contributed by atoms with Crippen LogP contribution in [-0.2, 0) is 12.6 Å². The molecule has 3 N–H and O–H groups in total. The molecule has 0 saturated carbocycles. The van der Waals surface area contributed by atoms with Crippen LogP contribution in [0.3, 0.4) is 0 Å². The largest absolute Gasteiger partial charge is 0.383 e. The van der Waals surface area contributed by atoms with Crippen LogP contribution in [0.15, 0.2) is 10.7 Å². The average Bonchev–Trinajstić information content (AvgIpc) is 2.31. The van der Waals surface area contributed by atoms with Crippen LogP contribution in [0.2, 0.25) is 0 Å².